The van der Waals surface area contributed by atoms with Crippen LogP contribution in [0.15, 0.2) is 36.4 Å². The Balaban J connectivity index is 2.16. The Morgan fingerprint density at radius 1 is 1.23 bits per heavy atom. The van der Waals surface area contributed by atoms with Gasteiger partial charge in [0.05, 0.1) is 0 Å². The summed E-state index contributed by atoms with van der Waals surface area (Å²) in [5.74, 6) is -0.207. The molecule has 0 atom stereocenters. The Hall–Kier alpha value is -2.57. The Morgan fingerprint density at radius 3 is 2.59 bits per heavy atom. The SMILES string of the molecule is CCn1[c]nc2cc(C(F)(F)F)c(Oc3ccccc3)nc21. The molecule has 0 aliphatic carbocycles. The van der Waals surface area contributed by atoms with Crippen molar-refractivity contribution in [2.24, 2.45) is 0 Å². The van der Waals surface area contributed by atoms with Crippen LogP contribution < -0.4 is 4.74 Å². The third-order valence-electron chi connectivity index (χ3n) is 3.07. The van der Waals surface area contributed by atoms with Crippen LogP contribution in [0.3, 0.4) is 0 Å². The zero-order chi connectivity index (χ0) is 15.7. The first-order chi connectivity index (χ1) is 10.5. The highest BCUT2D eigenvalue weighted by Crippen LogP contribution is 2.38. The minimum Gasteiger partial charge on any atom is -0.438 e. The van der Waals surface area contributed by atoms with Gasteiger partial charge in [0.1, 0.15) is 16.8 Å². The molecule has 0 N–H and O–H groups in total. The number of halogens is 3. The van der Waals surface area contributed by atoms with Gasteiger partial charge in [-0.25, -0.2) is 4.98 Å². The predicted molar refractivity (Wildman–Crippen MR) is 73.6 cm³/mol. The molecule has 0 saturated heterocycles. The standard InChI is InChI=1S/C15H11F3N3O/c1-2-21-9-19-12-8-11(15(16,17)18)14(20-13(12)21)22-10-6-4-3-5-7-10/h3-8H,2H2,1H3. The number of fused-ring (bicyclic) bond motifs is 1. The Labute approximate surface area is 124 Å². The van der Waals surface area contributed by atoms with Gasteiger partial charge in [0, 0.05) is 6.54 Å². The van der Waals surface area contributed by atoms with Gasteiger partial charge in [-0.2, -0.15) is 18.2 Å². The van der Waals surface area contributed by atoms with Crippen molar-refractivity contribution in [1.29, 1.82) is 0 Å². The molecule has 0 bridgehead atoms. The van der Waals surface area contributed by atoms with E-state index in [1.807, 2.05) is 6.92 Å². The van der Waals surface area contributed by atoms with Gasteiger partial charge in [-0.1, -0.05) is 18.2 Å². The van der Waals surface area contributed by atoms with Gasteiger partial charge in [-0.05, 0) is 25.1 Å². The van der Waals surface area contributed by atoms with Gasteiger partial charge in [0.2, 0.25) is 5.88 Å². The first-order valence-electron chi connectivity index (χ1n) is 6.58. The topological polar surface area (TPSA) is 39.9 Å². The number of alkyl halides is 3. The monoisotopic (exact) mass is 306 g/mol. The van der Waals surface area contributed by atoms with Gasteiger partial charge < -0.3 is 9.30 Å². The number of aryl methyl sites for hydroxylation is 1. The predicted octanol–water partition coefficient (Wildman–Crippen LogP) is 4.06. The lowest BCUT2D eigenvalue weighted by molar-refractivity contribution is -0.138. The zero-order valence-electron chi connectivity index (χ0n) is 11.6. The number of aromatic nitrogens is 3. The number of pyridine rings is 1. The van der Waals surface area contributed by atoms with Crippen LogP contribution in [0.25, 0.3) is 11.2 Å². The summed E-state index contributed by atoms with van der Waals surface area (Å²) < 4.78 is 46.5. The fourth-order valence-electron chi connectivity index (χ4n) is 2.02. The Bertz CT molecular complexity index is 797. The van der Waals surface area contributed by atoms with Crippen LogP contribution >= 0.6 is 0 Å². The van der Waals surface area contributed by atoms with E-state index in [1.165, 1.54) is 4.57 Å². The normalized spacial score (nSPS) is 11.8. The van der Waals surface area contributed by atoms with Crippen molar-refractivity contribution in [3.63, 3.8) is 0 Å². The zero-order valence-corrected chi connectivity index (χ0v) is 11.6. The molecular weight excluding hydrogens is 295 g/mol. The number of nitrogens with zero attached hydrogens (tertiary/aromatic N) is 3. The van der Waals surface area contributed by atoms with E-state index in [0.29, 0.717) is 12.2 Å². The van der Waals surface area contributed by atoms with E-state index in [4.69, 9.17) is 4.74 Å². The van der Waals surface area contributed by atoms with Crippen LogP contribution in [-0.4, -0.2) is 14.5 Å². The summed E-state index contributed by atoms with van der Waals surface area (Å²) in [5.41, 5.74) is -0.519. The highest BCUT2D eigenvalue weighted by molar-refractivity contribution is 5.73. The summed E-state index contributed by atoms with van der Waals surface area (Å²) in [6.07, 6.45) is -1.97. The number of rotatable bonds is 3. The lowest BCUT2D eigenvalue weighted by Crippen LogP contribution is -2.09. The van der Waals surface area contributed by atoms with E-state index in [0.717, 1.165) is 6.07 Å². The number of hydrogen-bond donors (Lipinski definition) is 0. The third kappa shape index (κ3) is 2.61. The van der Waals surface area contributed by atoms with Crippen LogP contribution in [0.5, 0.6) is 11.6 Å². The highest BCUT2D eigenvalue weighted by atomic mass is 19.4. The summed E-state index contributed by atoms with van der Waals surface area (Å²) >= 11 is 0. The van der Waals surface area contributed by atoms with E-state index in [1.54, 1.807) is 30.3 Å². The van der Waals surface area contributed by atoms with Crippen LogP contribution in [-0.2, 0) is 12.7 Å². The van der Waals surface area contributed by atoms with Crippen LogP contribution in [0.1, 0.15) is 12.5 Å². The molecule has 1 aromatic carbocycles. The number of benzene rings is 1. The summed E-state index contributed by atoms with van der Waals surface area (Å²) in [4.78, 5) is 7.83. The molecule has 0 aliphatic heterocycles. The molecule has 2 heterocycles. The number of imidazole rings is 1. The van der Waals surface area contributed by atoms with Crippen molar-refractivity contribution in [3.8, 4) is 11.6 Å². The van der Waals surface area contributed by atoms with Gasteiger partial charge in [0.15, 0.2) is 12.0 Å². The number of hydrogen-bond acceptors (Lipinski definition) is 3. The molecule has 2 aromatic heterocycles. The van der Waals surface area contributed by atoms with Crippen LogP contribution in [0, 0.1) is 6.33 Å². The maximum Gasteiger partial charge on any atom is 0.421 e. The van der Waals surface area contributed by atoms with Gasteiger partial charge in [0.25, 0.3) is 0 Å². The molecule has 1 radical (unpaired) electrons. The summed E-state index contributed by atoms with van der Waals surface area (Å²) in [6, 6.07) is 9.15. The maximum absolute atomic E-state index is 13.2. The molecule has 0 unspecified atom stereocenters. The summed E-state index contributed by atoms with van der Waals surface area (Å²) in [5, 5.41) is 0. The van der Waals surface area contributed by atoms with Crippen molar-refractivity contribution in [2.75, 3.05) is 0 Å². The first kappa shape index (κ1) is 14.4. The Kier molecular flexibility index (Phi) is 3.48. The van der Waals surface area contributed by atoms with E-state index in [-0.39, 0.29) is 11.3 Å². The lowest BCUT2D eigenvalue weighted by Gasteiger charge is -2.13. The quantitative estimate of drug-likeness (QED) is 0.732. The number of ether oxygens (including phenoxy) is 1. The molecule has 3 rings (SSSR count). The number of para-hydroxylation sites is 1. The first-order valence-corrected chi connectivity index (χ1v) is 6.58. The van der Waals surface area contributed by atoms with Crippen molar-refractivity contribution < 1.29 is 17.9 Å². The second-order valence-electron chi connectivity index (χ2n) is 4.55. The van der Waals surface area contributed by atoms with Gasteiger partial charge in [-0.15, -0.1) is 0 Å². The van der Waals surface area contributed by atoms with Gasteiger partial charge >= 0.3 is 6.18 Å². The van der Waals surface area contributed by atoms with E-state index < -0.39 is 17.6 Å². The average Bonchev–Trinajstić information content (AvgIpc) is 2.88. The molecule has 3 aromatic rings. The smallest absolute Gasteiger partial charge is 0.421 e. The van der Waals surface area contributed by atoms with E-state index in [9.17, 15) is 13.2 Å². The summed E-state index contributed by atoms with van der Waals surface area (Å²) in [6.45, 7) is 2.33. The van der Waals surface area contributed by atoms with Crippen LogP contribution in [0.2, 0.25) is 0 Å². The molecule has 0 spiro atoms. The largest absolute Gasteiger partial charge is 0.438 e. The molecular formula is C15H11F3N3O. The maximum atomic E-state index is 13.2. The molecule has 7 heteroatoms. The van der Waals surface area contributed by atoms with Crippen molar-refractivity contribution in [2.45, 2.75) is 19.6 Å². The molecule has 4 nitrogen and oxygen atoms in total. The molecule has 0 amide bonds. The Morgan fingerprint density at radius 2 is 1.95 bits per heavy atom. The molecule has 0 fully saturated rings. The summed E-state index contributed by atoms with van der Waals surface area (Å²) in [7, 11) is 0. The third-order valence-corrected chi connectivity index (χ3v) is 3.07. The van der Waals surface area contributed by atoms with E-state index >= 15 is 0 Å². The molecule has 0 aliphatic rings. The second kappa shape index (κ2) is 5.32. The second-order valence-corrected chi connectivity index (χ2v) is 4.55. The lowest BCUT2D eigenvalue weighted by atomic mass is 10.2. The fraction of sp³-hybridized carbons (Fsp3) is 0.200. The average molecular weight is 306 g/mol. The molecule has 0 saturated carbocycles. The minimum atomic E-state index is -4.58. The van der Waals surface area contributed by atoms with Crippen molar-refractivity contribution in [3.05, 3.63) is 48.3 Å². The van der Waals surface area contributed by atoms with Crippen molar-refractivity contribution >= 4 is 11.2 Å². The highest BCUT2D eigenvalue weighted by Gasteiger charge is 2.36. The van der Waals surface area contributed by atoms with Crippen LogP contribution in [0.4, 0.5) is 13.2 Å². The molecule has 113 valence electrons. The molecule has 22 heavy (non-hydrogen) atoms. The fourth-order valence-corrected chi connectivity index (χ4v) is 2.02. The van der Waals surface area contributed by atoms with E-state index in [2.05, 4.69) is 16.3 Å². The van der Waals surface area contributed by atoms with Gasteiger partial charge in [-0.3, -0.25) is 0 Å². The minimum absolute atomic E-state index is 0.134. The van der Waals surface area contributed by atoms with Crippen molar-refractivity contribution in [1.82, 2.24) is 14.5 Å².